The van der Waals surface area contributed by atoms with Crippen molar-refractivity contribution in [3.8, 4) is 0 Å². The summed E-state index contributed by atoms with van der Waals surface area (Å²) < 4.78 is 0. The van der Waals surface area contributed by atoms with Gasteiger partial charge >= 0.3 is 0 Å². The van der Waals surface area contributed by atoms with E-state index < -0.39 is 0 Å². The van der Waals surface area contributed by atoms with E-state index in [-0.39, 0.29) is 0 Å². The van der Waals surface area contributed by atoms with E-state index in [9.17, 15) is 0 Å². The molecule has 0 radical (unpaired) electrons. The molecule has 0 heterocycles. The molecular weight excluding hydrogens is 224 g/mol. The molecule has 0 amide bonds. The van der Waals surface area contributed by atoms with Crippen molar-refractivity contribution in [3.05, 3.63) is 60.7 Å². The highest BCUT2D eigenvalue weighted by Crippen LogP contribution is 2.14. The van der Waals surface area contributed by atoms with Crippen molar-refractivity contribution < 1.29 is 0 Å². The molecule has 0 spiro atoms. The molecule has 0 bridgehead atoms. The third-order valence-corrected chi connectivity index (χ3v) is 2.57. The number of hydrogen-bond donors (Lipinski definition) is 0. The lowest BCUT2D eigenvalue weighted by Crippen LogP contribution is -2.12. The molecule has 0 N–H and O–H groups in total. The molecule has 0 aliphatic carbocycles. The van der Waals surface area contributed by atoms with E-state index in [1.807, 2.05) is 74.8 Å². The molecule has 0 unspecified atom stereocenters. The van der Waals surface area contributed by atoms with Crippen molar-refractivity contribution in [3.63, 3.8) is 0 Å². The molecule has 92 valence electrons. The fourth-order valence-electron chi connectivity index (χ4n) is 1.51. The predicted octanol–water partition coefficient (Wildman–Crippen LogP) is 3.54. The molecule has 0 aromatic heterocycles. The van der Waals surface area contributed by atoms with Gasteiger partial charge < -0.3 is 0 Å². The van der Waals surface area contributed by atoms with Gasteiger partial charge in [-0.3, -0.25) is 0 Å². The van der Waals surface area contributed by atoms with Crippen LogP contribution in [-0.2, 0) is 0 Å². The van der Waals surface area contributed by atoms with Crippen molar-refractivity contribution in [1.82, 2.24) is 0 Å². The van der Waals surface area contributed by atoms with E-state index in [1.54, 1.807) is 10.0 Å². The molecule has 2 aromatic carbocycles. The molecule has 0 fully saturated rings. The number of benzene rings is 2. The van der Waals surface area contributed by atoms with Crippen molar-refractivity contribution in [2.24, 2.45) is 10.4 Å². The number of nitrogens with zero attached hydrogens (tertiary/aromatic N) is 4. The normalized spacial score (nSPS) is 10.6. The van der Waals surface area contributed by atoms with Gasteiger partial charge in [0.1, 0.15) is 0 Å². The Kier molecular flexibility index (Phi) is 3.91. The first kappa shape index (κ1) is 12.1. The first-order chi connectivity index (χ1) is 8.77. The molecule has 18 heavy (non-hydrogen) atoms. The van der Waals surface area contributed by atoms with E-state index in [4.69, 9.17) is 0 Å². The second-order valence-corrected chi connectivity index (χ2v) is 3.90. The second kappa shape index (κ2) is 5.82. The zero-order chi connectivity index (χ0) is 12.8. The molecule has 0 atom stereocenters. The van der Waals surface area contributed by atoms with Crippen LogP contribution in [0.1, 0.15) is 0 Å². The van der Waals surface area contributed by atoms with Gasteiger partial charge in [-0.05, 0) is 34.7 Å². The van der Waals surface area contributed by atoms with Gasteiger partial charge in [-0.2, -0.15) is 0 Å². The van der Waals surface area contributed by atoms with Crippen LogP contribution >= 0.6 is 0 Å². The fourth-order valence-corrected chi connectivity index (χ4v) is 1.51. The third-order valence-electron chi connectivity index (χ3n) is 2.57. The van der Waals surface area contributed by atoms with Gasteiger partial charge in [0, 0.05) is 14.1 Å². The summed E-state index contributed by atoms with van der Waals surface area (Å²) >= 11 is 0. The van der Waals surface area contributed by atoms with Gasteiger partial charge in [-0.1, -0.05) is 36.4 Å². The van der Waals surface area contributed by atoms with Crippen LogP contribution in [0.5, 0.6) is 0 Å². The molecule has 0 aliphatic heterocycles. The molecule has 4 heteroatoms. The predicted molar refractivity (Wildman–Crippen MR) is 74.5 cm³/mol. The Hall–Kier alpha value is -2.36. The average molecular weight is 240 g/mol. The minimum Gasteiger partial charge on any atom is -0.249 e. The third kappa shape index (κ3) is 3.07. The van der Waals surface area contributed by atoms with E-state index in [1.165, 1.54) is 0 Å². The van der Waals surface area contributed by atoms with Gasteiger partial charge in [-0.25, -0.2) is 10.0 Å². The van der Waals surface area contributed by atoms with Crippen molar-refractivity contribution in [2.75, 3.05) is 24.1 Å². The molecule has 0 aliphatic rings. The Morgan fingerprint density at radius 1 is 0.611 bits per heavy atom. The Balaban J connectivity index is 2.03. The molecule has 0 saturated carbocycles. The maximum atomic E-state index is 4.15. The average Bonchev–Trinajstić information content (AvgIpc) is 2.46. The number of hydrogen-bond acceptors (Lipinski definition) is 2. The minimum absolute atomic E-state index is 1.00. The van der Waals surface area contributed by atoms with Crippen molar-refractivity contribution in [1.29, 1.82) is 0 Å². The molecule has 0 saturated heterocycles. The van der Waals surface area contributed by atoms with Gasteiger partial charge in [0.2, 0.25) is 0 Å². The lowest BCUT2D eigenvalue weighted by Gasteiger charge is -2.14. The maximum Gasteiger partial charge on any atom is 0.0608 e. The smallest absolute Gasteiger partial charge is 0.0608 e. The van der Waals surface area contributed by atoms with E-state index >= 15 is 0 Å². The Bertz CT molecular complexity index is 448. The summed E-state index contributed by atoms with van der Waals surface area (Å²) in [5, 5.41) is 11.8. The molecule has 2 aromatic rings. The van der Waals surface area contributed by atoms with Gasteiger partial charge in [0.05, 0.1) is 11.4 Å². The minimum atomic E-state index is 1.00. The highest BCUT2D eigenvalue weighted by atomic mass is 15.7. The highest BCUT2D eigenvalue weighted by molar-refractivity contribution is 5.45. The highest BCUT2D eigenvalue weighted by Gasteiger charge is 1.99. The monoisotopic (exact) mass is 240 g/mol. The summed E-state index contributed by atoms with van der Waals surface area (Å²) in [4.78, 5) is 0. The van der Waals surface area contributed by atoms with Gasteiger partial charge in [0.25, 0.3) is 0 Å². The molecular formula is C14H16N4. The Morgan fingerprint density at radius 2 is 0.944 bits per heavy atom. The van der Waals surface area contributed by atoms with Crippen LogP contribution in [0.15, 0.2) is 71.1 Å². The largest absolute Gasteiger partial charge is 0.249 e. The van der Waals surface area contributed by atoms with E-state index in [2.05, 4.69) is 10.4 Å². The Labute approximate surface area is 107 Å². The lowest BCUT2D eigenvalue weighted by molar-refractivity contribution is 0.818. The van der Waals surface area contributed by atoms with Crippen LogP contribution in [0.25, 0.3) is 0 Å². The van der Waals surface area contributed by atoms with Gasteiger partial charge in [0.15, 0.2) is 0 Å². The summed E-state index contributed by atoms with van der Waals surface area (Å²) in [7, 11) is 3.75. The van der Waals surface area contributed by atoms with Crippen LogP contribution in [-0.4, -0.2) is 14.1 Å². The van der Waals surface area contributed by atoms with Crippen LogP contribution < -0.4 is 10.0 Å². The lowest BCUT2D eigenvalue weighted by atomic mass is 10.3. The maximum absolute atomic E-state index is 4.15. The number of para-hydroxylation sites is 2. The quantitative estimate of drug-likeness (QED) is 0.604. The first-order valence-electron chi connectivity index (χ1n) is 5.76. The van der Waals surface area contributed by atoms with Crippen LogP contribution in [0.3, 0.4) is 0 Å². The standard InChI is InChI=1S/C14H16N4/c1-17(13-9-5-3-6-10-13)15-16-18(2)14-11-7-4-8-12-14/h3-12H,1-2H3/b16-15-. The summed E-state index contributed by atoms with van der Waals surface area (Å²) in [5.74, 6) is 0. The summed E-state index contributed by atoms with van der Waals surface area (Å²) in [5.41, 5.74) is 2.01. The van der Waals surface area contributed by atoms with Crippen LogP contribution in [0, 0.1) is 0 Å². The SMILES string of the molecule is CN(/N=N\N(C)c1ccccc1)c1ccccc1. The topological polar surface area (TPSA) is 31.2 Å². The van der Waals surface area contributed by atoms with Gasteiger partial charge in [-0.15, -0.1) is 0 Å². The zero-order valence-electron chi connectivity index (χ0n) is 10.6. The Morgan fingerprint density at radius 3 is 1.28 bits per heavy atom. The van der Waals surface area contributed by atoms with Crippen LogP contribution in [0.4, 0.5) is 11.4 Å². The van der Waals surface area contributed by atoms with Crippen molar-refractivity contribution in [2.45, 2.75) is 0 Å². The van der Waals surface area contributed by atoms with E-state index in [0.29, 0.717) is 0 Å². The second-order valence-electron chi connectivity index (χ2n) is 3.90. The van der Waals surface area contributed by atoms with E-state index in [0.717, 1.165) is 11.4 Å². The summed E-state index contributed by atoms with van der Waals surface area (Å²) in [6.07, 6.45) is 0. The van der Waals surface area contributed by atoms with Crippen molar-refractivity contribution >= 4 is 11.4 Å². The number of rotatable bonds is 4. The summed E-state index contributed by atoms with van der Waals surface area (Å²) in [6.45, 7) is 0. The van der Waals surface area contributed by atoms with Crippen LogP contribution in [0.2, 0.25) is 0 Å². The summed E-state index contributed by atoms with van der Waals surface area (Å²) in [6, 6.07) is 19.8. The fraction of sp³-hybridized carbons (Fsp3) is 0.143. The zero-order valence-corrected chi connectivity index (χ0v) is 10.6. The molecule has 2 rings (SSSR count). The first-order valence-corrected chi connectivity index (χ1v) is 5.76. The number of anilines is 2. The molecule has 4 nitrogen and oxygen atoms in total.